The van der Waals surface area contributed by atoms with Gasteiger partial charge in [-0.25, -0.2) is 4.57 Å². The number of hydrogen-bond donors (Lipinski definition) is 3. The second-order valence-corrected chi connectivity index (χ2v) is 15.1. The molecule has 10 heteroatoms. The van der Waals surface area contributed by atoms with Crippen molar-refractivity contribution >= 4 is 19.7 Å². The van der Waals surface area contributed by atoms with Crippen molar-refractivity contribution in [3.05, 3.63) is 48.6 Å². The summed E-state index contributed by atoms with van der Waals surface area (Å²) in [7, 11) is -4.42. The Morgan fingerprint density at radius 1 is 0.596 bits per heavy atom. The molecular weight excluding hydrogens is 677 g/mol. The minimum atomic E-state index is -4.42. The molecule has 0 saturated carbocycles. The van der Waals surface area contributed by atoms with Crippen LogP contribution in [-0.2, 0) is 27.9 Å². The van der Waals surface area contributed by atoms with Crippen molar-refractivity contribution in [3.8, 4) is 0 Å². The van der Waals surface area contributed by atoms with Gasteiger partial charge in [-0.2, -0.15) is 0 Å². The van der Waals surface area contributed by atoms with Gasteiger partial charge in [-0.3, -0.25) is 18.6 Å². The number of ether oxygens (including phenoxy) is 1. The summed E-state index contributed by atoms with van der Waals surface area (Å²) >= 11 is 0. The van der Waals surface area contributed by atoms with Gasteiger partial charge in [0.1, 0.15) is 12.7 Å². The van der Waals surface area contributed by atoms with E-state index in [4.69, 9.17) is 13.8 Å². The Hall–Kier alpha value is -2.03. The molecule has 0 spiro atoms. The molecule has 9 nitrogen and oxygen atoms in total. The van der Waals surface area contributed by atoms with Gasteiger partial charge in [0.25, 0.3) is 0 Å². The molecule has 0 rings (SSSR count). The number of carbonyl (C=O) groups is 2. The average molecular weight is 754 g/mol. The summed E-state index contributed by atoms with van der Waals surface area (Å²) in [5.41, 5.74) is 0. The van der Waals surface area contributed by atoms with Crippen LogP contribution in [0.15, 0.2) is 48.6 Å². The molecule has 0 heterocycles. The van der Waals surface area contributed by atoms with Gasteiger partial charge in [0, 0.05) is 19.4 Å². The monoisotopic (exact) mass is 754 g/mol. The molecule has 0 fully saturated rings. The maximum Gasteiger partial charge on any atom is 0.472 e. The van der Waals surface area contributed by atoms with Crippen LogP contribution < -0.4 is 5.32 Å². The maximum absolute atomic E-state index is 12.1. The summed E-state index contributed by atoms with van der Waals surface area (Å²) in [5.74, 6) is -0.541. The number of unbranched alkanes of at least 4 members (excludes halogenated alkanes) is 17. The second-order valence-electron chi connectivity index (χ2n) is 13.6. The summed E-state index contributed by atoms with van der Waals surface area (Å²) in [4.78, 5) is 33.8. The van der Waals surface area contributed by atoms with Crippen LogP contribution in [0.25, 0.3) is 0 Å². The van der Waals surface area contributed by atoms with Gasteiger partial charge in [0.2, 0.25) is 5.91 Å². The molecule has 0 aromatic carbocycles. The Balaban J connectivity index is 3.65. The fraction of sp³-hybridized carbons (Fsp3) is 0.762. The number of allylic oxidation sites excluding steroid dienone is 8. The van der Waals surface area contributed by atoms with Gasteiger partial charge in [0.05, 0.1) is 13.2 Å². The van der Waals surface area contributed by atoms with Crippen LogP contribution in [0.2, 0.25) is 0 Å². The molecule has 0 aliphatic rings. The highest BCUT2D eigenvalue weighted by atomic mass is 31.2. The first kappa shape index (κ1) is 50.0. The largest absolute Gasteiger partial charge is 0.472 e. The van der Waals surface area contributed by atoms with Gasteiger partial charge < -0.3 is 20.1 Å². The lowest BCUT2D eigenvalue weighted by Crippen LogP contribution is -2.27. The highest BCUT2D eigenvalue weighted by Crippen LogP contribution is 2.42. The van der Waals surface area contributed by atoms with Crippen LogP contribution in [0.5, 0.6) is 0 Å². The molecule has 0 radical (unpaired) electrons. The molecule has 2 unspecified atom stereocenters. The third-order valence-corrected chi connectivity index (χ3v) is 9.47. The van der Waals surface area contributed by atoms with E-state index in [1.807, 2.05) is 0 Å². The number of amides is 1. The fourth-order valence-corrected chi connectivity index (χ4v) is 6.08. The number of aliphatic hydroxyl groups is 1. The summed E-state index contributed by atoms with van der Waals surface area (Å²) in [5, 5.41) is 12.7. The molecule has 0 aliphatic carbocycles. The lowest BCUT2D eigenvalue weighted by Gasteiger charge is -2.15. The SMILES string of the molecule is CCCCC/C=C\C/C=C\C/C=C\CCCCCCCCC(=O)OCC(O)COP(=O)(O)OCCNC(=O)CCCCCCC/C=C\CCCCC. The van der Waals surface area contributed by atoms with Crippen LogP contribution in [-0.4, -0.2) is 54.3 Å². The molecule has 1 amide bonds. The Morgan fingerprint density at radius 3 is 1.58 bits per heavy atom. The smallest absolute Gasteiger partial charge is 0.463 e. The summed E-state index contributed by atoms with van der Waals surface area (Å²) in [6.07, 6.45) is 43.2. The highest BCUT2D eigenvalue weighted by molar-refractivity contribution is 7.47. The molecule has 302 valence electrons. The van der Waals surface area contributed by atoms with Crippen molar-refractivity contribution in [1.82, 2.24) is 5.32 Å². The van der Waals surface area contributed by atoms with Crippen LogP contribution in [0, 0.1) is 0 Å². The quantitative estimate of drug-likeness (QED) is 0.0246. The van der Waals surface area contributed by atoms with Gasteiger partial charge in [0.15, 0.2) is 0 Å². The van der Waals surface area contributed by atoms with Crippen molar-refractivity contribution in [3.63, 3.8) is 0 Å². The number of hydrogen-bond acceptors (Lipinski definition) is 7. The topological polar surface area (TPSA) is 131 Å². The third kappa shape index (κ3) is 39.2. The molecule has 0 aliphatic heterocycles. The van der Waals surface area contributed by atoms with Crippen LogP contribution in [0.4, 0.5) is 0 Å². The van der Waals surface area contributed by atoms with Gasteiger partial charge in [-0.1, -0.05) is 133 Å². The van der Waals surface area contributed by atoms with Crippen molar-refractivity contribution in [1.29, 1.82) is 0 Å². The second kappa shape index (κ2) is 38.7. The number of aliphatic hydroxyl groups excluding tert-OH is 1. The molecule has 3 N–H and O–H groups in total. The zero-order chi connectivity index (χ0) is 38.2. The van der Waals surface area contributed by atoms with Gasteiger partial charge >= 0.3 is 13.8 Å². The first-order chi connectivity index (χ1) is 25.3. The lowest BCUT2D eigenvalue weighted by atomic mass is 10.1. The van der Waals surface area contributed by atoms with Crippen LogP contribution in [0.1, 0.15) is 174 Å². The molecule has 0 saturated heterocycles. The molecule has 0 aromatic heterocycles. The zero-order valence-electron chi connectivity index (χ0n) is 33.0. The minimum Gasteiger partial charge on any atom is -0.463 e. The molecule has 52 heavy (non-hydrogen) atoms. The van der Waals surface area contributed by atoms with E-state index in [1.165, 1.54) is 70.6 Å². The van der Waals surface area contributed by atoms with E-state index in [0.717, 1.165) is 77.0 Å². The average Bonchev–Trinajstić information content (AvgIpc) is 3.13. The third-order valence-electron chi connectivity index (χ3n) is 8.48. The molecule has 2 atom stereocenters. The first-order valence-corrected chi connectivity index (χ1v) is 22.1. The Bertz CT molecular complexity index is 996. The van der Waals surface area contributed by atoms with E-state index in [2.05, 4.69) is 67.8 Å². The van der Waals surface area contributed by atoms with Gasteiger partial charge in [-0.05, 0) is 77.0 Å². The number of phosphoric acid groups is 1. The summed E-state index contributed by atoms with van der Waals surface area (Å²) in [6, 6.07) is 0. The van der Waals surface area contributed by atoms with E-state index < -0.39 is 26.5 Å². The molecule has 0 bridgehead atoms. The number of rotatable bonds is 38. The normalized spacial score (nSPS) is 13.8. The zero-order valence-corrected chi connectivity index (χ0v) is 33.9. The van der Waals surface area contributed by atoms with E-state index >= 15 is 0 Å². The predicted octanol–water partition coefficient (Wildman–Crippen LogP) is 11.2. The summed E-state index contributed by atoms with van der Waals surface area (Å²) < 4.78 is 26.8. The number of carbonyl (C=O) groups excluding carboxylic acids is 2. The molecular formula is C42H76NO8P. The number of nitrogens with one attached hydrogen (secondary N) is 1. The van der Waals surface area contributed by atoms with Crippen molar-refractivity contribution in [2.24, 2.45) is 0 Å². The van der Waals surface area contributed by atoms with E-state index in [0.29, 0.717) is 6.42 Å². The van der Waals surface area contributed by atoms with Crippen LogP contribution >= 0.6 is 7.82 Å². The van der Waals surface area contributed by atoms with E-state index in [-0.39, 0.29) is 32.1 Å². The standard InChI is InChI=1S/C42H76NO8P/c1-3-5-7-9-11-13-15-17-18-19-20-21-22-23-25-27-29-31-33-35-42(46)49-38-40(44)39-51-52(47,48)50-37-36-43-41(45)34-32-30-28-26-24-16-14-12-10-8-6-4-2/h11-14,17-18,20-21,40,44H,3-10,15-16,19,22-39H2,1-2H3,(H,43,45)(H,47,48)/b13-11-,14-12-,18-17-,21-20-. The van der Waals surface area contributed by atoms with Crippen molar-refractivity contribution in [2.45, 2.75) is 180 Å². The van der Waals surface area contributed by atoms with E-state index in [1.54, 1.807) is 0 Å². The fourth-order valence-electron chi connectivity index (χ4n) is 5.32. The lowest BCUT2D eigenvalue weighted by molar-refractivity contribution is -0.147. The Kier molecular flexibility index (Phi) is 37.2. The van der Waals surface area contributed by atoms with Gasteiger partial charge in [-0.15, -0.1) is 0 Å². The Labute approximate surface area is 317 Å². The first-order valence-electron chi connectivity index (χ1n) is 20.6. The van der Waals surface area contributed by atoms with Crippen LogP contribution in [0.3, 0.4) is 0 Å². The maximum atomic E-state index is 12.1. The number of esters is 1. The Morgan fingerprint density at radius 2 is 1.04 bits per heavy atom. The van der Waals surface area contributed by atoms with Crippen molar-refractivity contribution in [2.75, 3.05) is 26.4 Å². The number of phosphoric ester groups is 1. The minimum absolute atomic E-state index is 0.0742. The predicted molar refractivity (Wildman–Crippen MR) is 215 cm³/mol. The highest BCUT2D eigenvalue weighted by Gasteiger charge is 2.23. The molecule has 0 aromatic rings. The summed E-state index contributed by atoms with van der Waals surface area (Å²) in [6.45, 7) is 3.46. The van der Waals surface area contributed by atoms with Crippen molar-refractivity contribution < 1.29 is 37.9 Å². The van der Waals surface area contributed by atoms with E-state index in [9.17, 15) is 24.2 Å².